The first-order valence-corrected chi connectivity index (χ1v) is 9.60. The van der Waals surface area contributed by atoms with Crippen LogP contribution in [0, 0.1) is 0 Å². The molecule has 3 nitrogen and oxygen atoms in total. The smallest absolute Gasteiger partial charge is 0.327 e. The molecule has 146 valence electrons. The fourth-order valence-electron chi connectivity index (χ4n) is 2.88. The molecule has 1 aromatic heterocycles. The van der Waals surface area contributed by atoms with Crippen LogP contribution in [0.4, 0.5) is 18.0 Å². The Kier molecular flexibility index (Phi) is 6.36. The Morgan fingerprint density at radius 3 is 2.00 bits per heavy atom. The number of halogens is 3. The van der Waals surface area contributed by atoms with Gasteiger partial charge in [-0.15, -0.1) is 0 Å². The molecule has 1 N–H and O–H groups in total. The Hall–Kier alpha value is -2.80. The van der Waals surface area contributed by atoms with Gasteiger partial charge in [0.25, 0.3) is 0 Å². The van der Waals surface area contributed by atoms with Gasteiger partial charge in [-0.05, 0) is 33.5 Å². The van der Waals surface area contributed by atoms with Gasteiger partial charge in [0.15, 0.2) is 0 Å². The lowest BCUT2D eigenvalue weighted by molar-refractivity contribution is -0.141. The summed E-state index contributed by atoms with van der Waals surface area (Å²) in [6, 6.07) is 18.8. The van der Waals surface area contributed by atoms with Gasteiger partial charge in [-0.1, -0.05) is 60.7 Å². The normalized spacial score (nSPS) is 11.4. The summed E-state index contributed by atoms with van der Waals surface area (Å²) in [6.45, 7) is -1.42. The summed E-state index contributed by atoms with van der Waals surface area (Å²) in [5, 5.41) is 6.29. The number of hydrogen-bond acceptors (Lipinski definition) is 2. The molecule has 7 heteroatoms. The molecular weight excluding hydrogens is 385 g/mol. The van der Waals surface area contributed by atoms with Gasteiger partial charge < -0.3 is 10.2 Å². The van der Waals surface area contributed by atoms with E-state index in [0.29, 0.717) is 5.56 Å². The summed E-state index contributed by atoms with van der Waals surface area (Å²) in [7, 11) is 0. The van der Waals surface area contributed by atoms with Crippen molar-refractivity contribution in [1.82, 2.24) is 10.2 Å². The molecule has 0 atom stereocenters. The highest BCUT2D eigenvalue weighted by Crippen LogP contribution is 2.24. The van der Waals surface area contributed by atoms with Gasteiger partial charge in [-0.25, -0.2) is 4.79 Å². The lowest BCUT2D eigenvalue weighted by Crippen LogP contribution is -2.45. The highest BCUT2D eigenvalue weighted by molar-refractivity contribution is 7.07. The number of nitrogens with zero attached hydrogens (tertiary/aromatic N) is 1. The van der Waals surface area contributed by atoms with E-state index in [0.717, 1.165) is 16.0 Å². The van der Waals surface area contributed by atoms with E-state index in [1.54, 1.807) is 16.8 Å². The maximum absolute atomic E-state index is 13.1. The first-order valence-electron chi connectivity index (χ1n) is 8.65. The van der Waals surface area contributed by atoms with E-state index >= 15 is 0 Å². The molecule has 0 spiro atoms. The Bertz CT molecular complexity index is 828. The van der Waals surface area contributed by atoms with E-state index in [2.05, 4.69) is 5.32 Å². The Morgan fingerprint density at radius 1 is 0.964 bits per heavy atom. The molecule has 0 saturated heterocycles. The van der Waals surface area contributed by atoms with Crippen LogP contribution in [0.3, 0.4) is 0 Å². The molecule has 0 saturated carbocycles. The van der Waals surface area contributed by atoms with Crippen molar-refractivity contribution in [3.05, 3.63) is 94.2 Å². The maximum atomic E-state index is 13.1. The van der Waals surface area contributed by atoms with Gasteiger partial charge in [0.2, 0.25) is 0 Å². The molecule has 0 fully saturated rings. The van der Waals surface area contributed by atoms with Crippen LogP contribution in [-0.4, -0.2) is 23.7 Å². The molecule has 2 aromatic carbocycles. The first kappa shape index (κ1) is 19.9. The quantitative estimate of drug-likeness (QED) is 0.569. The Morgan fingerprint density at radius 2 is 1.54 bits per heavy atom. The number of rotatable bonds is 6. The third kappa shape index (κ3) is 5.60. The van der Waals surface area contributed by atoms with Crippen molar-refractivity contribution in [2.24, 2.45) is 0 Å². The molecular formula is C21H19F3N2OS. The van der Waals surface area contributed by atoms with Crippen LogP contribution in [0.25, 0.3) is 0 Å². The molecule has 2 amide bonds. The third-order valence-electron chi connectivity index (χ3n) is 4.14. The third-order valence-corrected chi connectivity index (χ3v) is 4.88. The maximum Gasteiger partial charge on any atom is 0.406 e. The van der Waals surface area contributed by atoms with Gasteiger partial charge in [0, 0.05) is 6.54 Å². The summed E-state index contributed by atoms with van der Waals surface area (Å²) >= 11 is 1.38. The molecule has 0 aliphatic rings. The fraction of sp³-hybridized carbons (Fsp3) is 0.190. The van der Waals surface area contributed by atoms with Crippen LogP contribution in [0.5, 0.6) is 0 Å². The van der Waals surface area contributed by atoms with Crippen LogP contribution < -0.4 is 5.32 Å². The van der Waals surface area contributed by atoms with Gasteiger partial charge in [0.05, 0.1) is 6.04 Å². The Labute approximate surface area is 165 Å². The molecule has 1 heterocycles. The summed E-state index contributed by atoms with van der Waals surface area (Å²) in [6.07, 6.45) is -4.48. The van der Waals surface area contributed by atoms with E-state index in [-0.39, 0.29) is 6.54 Å². The minimum atomic E-state index is -4.48. The standard InChI is InChI=1S/C21H19F3N2OS/c22-21(23,24)15-26(13-16-11-12-28-14-16)20(27)25-19(17-7-3-1-4-8-17)18-9-5-2-6-10-18/h1-12,14,19H,13,15H2,(H,25,27). The Balaban J connectivity index is 1.85. The minimum absolute atomic E-state index is 0.106. The molecule has 28 heavy (non-hydrogen) atoms. The van der Waals surface area contributed by atoms with Crippen molar-refractivity contribution in [1.29, 1.82) is 0 Å². The van der Waals surface area contributed by atoms with E-state index in [9.17, 15) is 18.0 Å². The number of nitrogens with one attached hydrogen (secondary N) is 1. The molecule has 0 bridgehead atoms. The number of alkyl halides is 3. The zero-order valence-electron chi connectivity index (χ0n) is 14.9. The van der Waals surface area contributed by atoms with Crippen molar-refractivity contribution >= 4 is 17.4 Å². The van der Waals surface area contributed by atoms with Gasteiger partial charge in [-0.2, -0.15) is 24.5 Å². The van der Waals surface area contributed by atoms with Crippen molar-refractivity contribution < 1.29 is 18.0 Å². The zero-order valence-corrected chi connectivity index (χ0v) is 15.7. The number of carbonyl (C=O) groups is 1. The molecule has 3 rings (SSSR count). The second-order valence-electron chi connectivity index (χ2n) is 6.31. The summed E-state index contributed by atoms with van der Waals surface area (Å²) in [4.78, 5) is 13.6. The second kappa shape index (κ2) is 8.93. The second-order valence-corrected chi connectivity index (χ2v) is 7.09. The van der Waals surface area contributed by atoms with Crippen LogP contribution >= 0.6 is 11.3 Å². The van der Waals surface area contributed by atoms with Gasteiger partial charge >= 0.3 is 12.2 Å². The van der Waals surface area contributed by atoms with Gasteiger partial charge in [0.1, 0.15) is 6.54 Å². The highest BCUT2D eigenvalue weighted by atomic mass is 32.1. The monoisotopic (exact) mass is 404 g/mol. The first-order chi connectivity index (χ1) is 13.4. The van der Waals surface area contributed by atoms with Crippen molar-refractivity contribution in [3.8, 4) is 0 Å². The van der Waals surface area contributed by atoms with Crippen LogP contribution in [0.1, 0.15) is 22.7 Å². The number of carbonyl (C=O) groups excluding carboxylic acids is 1. The van der Waals surface area contributed by atoms with Crippen molar-refractivity contribution in [2.45, 2.75) is 18.8 Å². The minimum Gasteiger partial charge on any atom is -0.327 e. The number of amides is 2. The van der Waals surface area contributed by atoms with Crippen LogP contribution in [0.2, 0.25) is 0 Å². The largest absolute Gasteiger partial charge is 0.406 e. The van der Waals surface area contributed by atoms with Crippen LogP contribution in [-0.2, 0) is 6.54 Å². The molecule has 0 aliphatic heterocycles. The summed E-state index contributed by atoms with van der Waals surface area (Å²) in [5.74, 6) is 0. The van der Waals surface area contributed by atoms with Gasteiger partial charge in [-0.3, -0.25) is 0 Å². The van der Waals surface area contributed by atoms with E-state index in [4.69, 9.17) is 0 Å². The molecule has 0 unspecified atom stereocenters. The molecule has 0 radical (unpaired) electrons. The zero-order chi connectivity index (χ0) is 20.0. The SMILES string of the molecule is O=C(NC(c1ccccc1)c1ccccc1)N(Cc1ccsc1)CC(F)(F)F. The number of hydrogen-bond donors (Lipinski definition) is 1. The predicted molar refractivity (Wildman–Crippen MR) is 104 cm³/mol. The predicted octanol–water partition coefficient (Wildman–Crippen LogP) is 5.61. The fourth-order valence-corrected chi connectivity index (χ4v) is 3.54. The van der Waals surface area contributed by atoms with Crippen molar-refractivity contribution in [2.75, 3.05) is 6.54 Å². The number of benzene rings is 2. The summed E-state index contributed by atoms with van der Waals surface area (Å²) < 4.78 is 39.2. The number of urea groups is 1. The lowest BCUT2D eigenvalue weighted by atomic mass is 9.99. The molecule has 0 aliphatic carbocycles. The van der Waals surface area contributed by atoms with E-state index < -0.39 is 24.8 Å². The lowest BCUT2D eigenvalue weighted by Gasteiger charge is -2.27. The van der Waals surface area contributed by atoms with E-state index in [1.165, 1.54) is 11.3 Å². The topological polar surface area (TPSA) is 32.3 Å². The number of thiophene rings is 1. The van der Waals surface area contributed by atoms with E-state index in [1.807, 2.05) is 60.7 Å². The van der Waals surface area contributed by atoms with Crippen LogP contribution in [0.15, 0.2) is 77.5 Å². The van der Waals surface area contributed by atoms with Crippen molar-refractivity contribution in [3.63, 3.8) is 0 Å². The molecule has 3 aromatic rings. The average molecular weight is 404 g/mol. The highest BCUT2D eigenvalue weighted by Gasteiger charge is 2.34. The average Bonchev–Trinajstić information content (AvgIpc) is 3.19. The summed E-state index contributed by atoms with van der Waals surface area (Å²) in [5.41, 5.74) is 2.26.